The largest absolute Gasteiger partial charge is 0.356 e. The Labute approximate surface area is 121 Å². The van der Waals surface area contributed by atoms with Gasteiger partial charge in [-0.2, -0.15) is 0 Å². The van der Waals surface area contributed by atoms with Gasteiger partial charge in [-0.05, 0) is 50.9 Å². The first-order valence-corrected chi connectivity index (χ1v) is 7.38. The van der Waals surface area contributed by atoms with Gasteiger partial charge in [-0.3, -0.25) is 0 Å². The van der Waals surface area contributed by atoms with E-state index in [0.717, 1.165) is 24.8 Å². The van der Waals surface area contributed by atoms with Crippen LogP contribution in [0.2, 0.25) is 0 Å². The Morgan fingerprint density at radius 1 is 1.30 bits per heavy atom. The zero-order valence-corrected chi connectivity index (χ0v) is 12.6. The fourth-order valence-electron chi connectivity index (χ4n) is 3.21. The zero-order valence-electron chi connectivity index (χ0n) is 12.6. The van der Waals surface area contributed by atoms with Crippen molar-refractivity contribution in [3.8, 4) is 0 Å². The van der Waals surface area contributed by atoms with Crippen LogP contribution in [0.25, 0.3) is 10.8 Å². The van der Waals surface area contributed by atoms with E-state index < -0.39 is 0 Å². The molecule has 0 radical (unpaired) electrons. The maximum Gasteiger partial charge on any atom is 0.136 e. The van der Waals surface area contributed by atoms with E-state index in [1.54, 1.807) is 0 Å². The average Bonchev–Trinajstić information content (AvgIpc) is 2.85. The fraction of sp³-hybridized carbons (Fsp3) is 0.471. The van der Waals surface area contributed by atoms with Gasteiger partial charge < -0.3 is 9.80 Å². The number of nitrogens with zero attached hydrogens (tertiary/aromatic N) is 3. The second-order valence-corrected chi connectivity index (χ2v) is 6.22. The summed E-state index contributed by atoms with van der Waals surface area (Å²) in [6.45, 7) is 5.56. The first kappa shape index (κ1) is 13.4. The topological polar surface area (TPSA) is 19.4 Å². The quantitative estimate of drug-likeness (QED) is 0.854. The number of aromatic nitrogens is 1. The van der Waals surface area contributed by atoms with Crippen LogP contribution >= 0.6 is 0 Å². The third-order valence-electron chi connectivity index (χ3n) is 4.11. The summed E-state index contributed by atoms with van der Waals surface area (Å²) in [5, 5.41) is 2.58. The normalized spacial score (nSPS) is 19.2. The van der Waals surface area contributed by atoms with Crippen LogP contribution in [0.4, 0.5) is 5.82 Å². The first-order valence-electron chi connectivity index (χ1n) is 7.38. The Morgan fingerprint density at radius 3 is 2.95 bits per heavy atom. The highest BCUT2D eigenvalue weighted by Gasteiger charge is 2.24. The zero-order chi connectivity index (χ0) is 14.1. The first-order chi connectivity index (χ1) is 9.63. The molecule has 0 bridgehead atoms. The lowest BCUT2D eigenvalue weighted by molar-refractivity contribution is 0.340. The number of anilines is 1. The molecule has 1 fully saturated rings. The van der Waals surface area contributed by atoms with Gasteiger partial charge in [-0.15, -0.1) is 0 Å². The number of hydrogen-bond acceptors (Lipinski definition) is 3. The van der Waals surface area contributed by atoms with Crippen molar-refractivity contribution >= 4 is 16.6 Å². The van der Waals surface area contributed by atoms with E-state index in [1.165, 1.54) is 29.3 Å². The highest BCUT2D eigenvalue weighted by molar-refractivity contribution is 5.92. The molecule has 20 heavy (non-hydrogen) atoms. The summed E-state index contributed by atoms with van der Waals surface area (Å²) in [7, 11) is 4.31. The predicted octanol–water partition coefficient (Wildman–Crippen LogP) is 2.93. The van der Waals surface area contributed by atoms with E-state index in [-0.39, 0.29) is 0 Å². The molecule has 0 saturated carbocycles. The van der Waals surface area contributed by atoms with Crippen molar-refractivity contribution in [2.24, 2.45) is 5.92 Å². The molecule has 0 spiro atoms. The molecule has 106 valence electrons. The Balaban J connectivity index is 1.89. The van der Waals surface area contributed by atoms with E-state index in [2.05, 4.69) is 60.1 Å². The van der Waals surface area contributed by atoms with Crippen molar-refractivity contribution in [1.82, 2.24) is 9.88 Å². The maximum absolute atomic E-state index is 4.66. The maximum atomic E-state index is 4.66. The number of pyridine rings is 1. The van der Waals surface area contributed by atoms with E-state index >= 15 is 0 Å². The van der Waals surface area contributed by atoms with Crippen LogP contribution in [0.3, 0.4) is 0 Å². The lowest BCUT2D eigenvalue weighted by Gasteiger charge is -2.20. The van der Waals surface area contributed by atoms with Gasteiger partial charge in [0.1, 0.15) is 5.82 Å². The van der Waals surface area contributed by atoms with Gasteiger partial charge in [0, 0.05) is 31.2 Å². The molecule has 3 nitrogen and oxygen atoms in total. The predicted molar refractivity (Wildman–Crippen MR) is 85.4 cm³/mol. The van der Waals surface area contributed by atoms with Crippen LogP contribution in [-0.4, -0.2) is 43.6 Å². The third-order valence-corrected chi connectivity index (χ3v) is 4.11. The highest BCUT2D eigenvalue weighted by atomic mass is 15.2. The lowest BCUT2D eigenvalue weighted by Crippen LogP contribution is -2.26. The van der Waals surface area contributed by atoms with Crippen LogP contribution in [0.1, 0.15) is 12.0 Å². The fourth-order valence-corrected chi connectivity index (χ4v) is 3.21. The molecule has 1 saturated heterocycles. The van der Waals surface area contributed by atoms with E-state index in [0.29, 0.717) is 0 Å². The minimum Gasteiger partial charge on any atom is -0.356 e. The van der Waals surface area contributed by atoms with Gasteiger partial charge in [-0.25, -0.2) is 4.98 Å². The number of hydrogen-bond donors (Lipinski definition) is 0. The number of fused-ring (bicyclic) bond motifs is 1. The molecule has 2 heterocycles. The van der Waals surface area contributed by atoms with Crippen LogP contribution < -0.4 is 4.90 Å². The van der Waals surface area contributed by atoms with E-state index in [9.17, 15) is 0 Å². The monoisotopic (exact) mass is 269 g/mol. The Bertz CT molecular complexity index is 606. The van der Waals surface area contributed by atoms with Gasteiger partial charge in [0.05, 0.1) is 0 Å². The van der Waals surface area contributed by atoms with E-state index in [4.69, 9.17) is 0 Å². The van der Waals surface area contributed by atoms with Crippen molar-refractivity contribution in [3.63, 3.8) is 0 Å². The van der Waals surface area contributed by atoms with Crippen LogP contribution in [-0.2, 0) is 0 Å². The molecule has 1 atom stereocenters. The van der Waals surface area contributed by atoms with Gasteiger partial charge in [0.25, 0.3) is 0 Å². The summed E-state index contributed by atoms with van der Waals surface area (Å²) in [5.41, 5.74) is 1.30. The van der Waals surface area contributed by atoms with Crippen molar-refractivity contribution in [3.05, 3.63) is 36.0 Å². The lowest BCUT2D eigenvalue weighted by atomic mass is 10.1. The summed E-state index contributed by atoms with van der Waals surface area (Å²) in [4.78, 5) is 9.40. The Morgan fingerprint density at radius 2 is 2.15 bits per heavy atom. The Hall–Kier alpha value is -1.61. The van der Waals surface area contributed by atoms with Crippen LogP contribution in [0.15, 0.2) is 30.5 Å². The summed E-state index contributed by atoms with van der Waals surface area (Å²) < 4.78 is 0. The van der Waals surface area contributed by atoms with Gasteiger partial charge in [-0.1, -0.05) is 17.7 Å². The number of aryl methyl sites for hydroxylation is 1. The molecular formula is C17H23N3. The van der Waals surface area contributed by atoms with Crippen LogP contribution in [0.5, 0.6) is 0 Å². The molecule has 1 unspecified atom stereocenters. The molecule has 0 amide bonds. The highest BCUT2D eigenvalue weighted by Crippen LogP contribution is 2.29. The number of benzene rings is 1. The minimum atomic E-state index is 0.756. The summed E-state index contributed by atoms with van der Waals surface area (Å²) in [6, 6.07) is 8.73. The molecule has 1 aromatic carbocycles. The number of rotatable bonds is 3. The van der Waals surface area contributed by atoms with Crippen LogP contribution in [0, 0.1) is 12.8 Å². The summed E-state index contributed by atoms with van der Waals surface area (Å²) in [5.74, 6) is 1.92. The summed E-state index contributed by atoms with van der Waals surface area (Å²) >= 11 is 0. The van der Waals surface area contributed by atoms with Gasteiger partial charge in [0.15, 0.2) is 0 Å². The van der Waals surface area contributed by atoms with Crippen molar-refractivity contribution in [2.75, 3.05) is 38.6 Å². The molecule has 1 aliphatic heterocycles. The third kappa shape index (κ3) is 2.63. The molecule has 3 rings (SSSR count). The summed E-state index contributed by atoms with van der Waals surface area (Å²) in [6.07, 6.45) is 3.20. The SMILES string of the molecule is Cc1ccc2ccnc(N3CCC(CN(C)C)C3)c2c1. The molecule has 1 aromatic heterocycles. The van der Waals surface area contributed by atoms with Gasteiger partial charge in [0.2, 0.25) is 0 Å². The van der Waals surface area contributed by atoms with Crippen molar-refractivity contribution < 1.29 is 0 Å². The molecule has 2 aromatic rings. The molecule has 1 aliphatic rings. The molecule has 0 aliphatic carbocycles. The smallest absolute Gasteiger partial charge is 0.136 e. The second-order valence-electron chi connectivity index (χ2n) is 6.22. The molecule has 3 heteroatoms. The minimum absolute atomic E-state index is 0.756. The second kappa shape index (κ2) is 5.41. The molecular weight excluding hydrogens is 246 g/mol. The van der Waals surface area contributed by atoms with Crippen molar-refractivity contribution in [2.45, 2.75) is 13.3 Å². The van der Waals surface area contributed by atoms with E-state index in [1.807, 2.05) is 6.20 Å². The standard InChI is InChI=1S/C17H23N3/c1-13-4-5-15-6-8-18-17(16(15)10-13)20-9-7-14(12-20)11-19(2)3/h4-6,8,10,14H,7,9,11-12H2,1-3H3. The molecule has 0 N–H and O–H groups in total. The average molecular weight is 269 g/mol. The van der Waals surface area contributed by atoms with Crippen molar-refractivity contribution in [1.29, 1.82) is 0 Å². The Kier molecular flexibility index (Phi) is 3.62. The van der Waals surface area contributed by atoms with Gasteiger partial charge >= 0.3 is 0 Å².